The normalized spacial score (nSPS) is 21.7. The number of nitrogens with zero attached hydrogens (tertiary/aromatic N) is 1. The molecule has 1 aromatic rings. The first-order valence-electron chi connectivity index (χ1n) is 8.51. The molecule has 124 valence electrons. The van der Waals surface area contributed by atoms with E-state index >= 15 is 0 Å². The monoisotopic (exact) mass is 316 g/mol. The van der Waals surface area contributed by atoms with Crippen molar-refractivity contribution < 1.29 is 14.3 Å². The molecule has 0 aromatic heterocycles. The van der Waals surface area contributed by atoms with E-state index in [1.165, 1.54) is 0 Å². The van der Waals surface area contributed by atoms with Crippen LogP contribution in [0.5, 0.6) is 5.75 Å². The molecule has 23 heavy (non-hydrogen) atoms. The molecular formula is C18H24N2O3. The quantitative estimate of drug-likeness (QED) is 0.908. The average molecular weight is 316 g/mol. The first-order chi connectivity index (χ1) is 11.2. The molecule has 2 amide bonds. The highest BCUT2D eigenvalue weighted by molar-refractivity contribution is 5.97. The predicted molar refractivity (Wildman–Crippen MR) is 88.5 cm³/mol. The molecule has 1 heterocycles. The van der Waals surface area contributed by atoms with Crippen molar-refractivity contribution in [2.24, 2.45) is 5.92 Å². The second kappa shape index (κ2) is 7.02. The van der Waals surface area contributed by atoms with E-state index in [0.717, 1.165) is 37.1 Å². The predicted octanol–water partition coefficient (Wildman–Crippen LogP) is 2.50. The first-order valence-corrected chi connectivity index (χ1v) is 8.51. The van der Waals surface area contributed by atoms with E-state index in [9.17, 15) is 9.59 Å². The summed E-state index contributed by atoms with van der Waals surface area (Å²) in [6.07, 6.45) is 4.62. The Kier molecular flexibility index (Phi) is 4.84. The third kappa shape index (κ3) is 3.66. The lowest BCUT2D eigenvalue weighted by molar-refractivity contribution is -0.125. The molecule has 1 saturated carbocycles. The molecule has 5 heteroatoms. The van der Waals surface area contributed by atoms with Crippen LogP contribution in [-0.2, 0) is 9.59 Å². The van der Waals surface area contributed by atoms with E-state index in [4.69, 9.17) is 4.74 Å². The van der Waals surface area contributed by atoms with Gasteiger partial charge in [0.2, 0.25) is 11.8 Å². The number of carbonyl (C=O) groups is 2. The maximum Gasteiger partial charge on any atom is 0.229 e. The van der Waals surface area contributed by atoms with E-state index in [1.807, 2.05) is 31.2 Å². The summed E-state index contributed by atoms with van der Waals surface area (Å²) in [5.41, 5.74) is 0.857. The molecular weight excluding hydrogens is 292 g/mol. The Labute approximate surface area is 137 Å². The van der Waals surface area contributed by atoms with Crippen LogP contribution in [0.4, 0.5) is 5.69 Å². The molecule has 0 radical (unpaired) electrons. The third-order valence-corrected chi connectivity index (χ3v) is 4.66. The van der Waals surface area contributed by atoms with Crippen molar-refractivity contribution >= 4 is 17.5 Å². The fraction of sp³-hybridized carbons (Fsp3) is 0.556. The Morgan fingerprint density at radius 2 is 1.96 bits per heavy atom. The van der Waals surface area contributed by atoms with Gasteiger partial charge in [0.05, 0.1) is 12.6 Å². The van der Waals surface area contributed by atoms with Gasteiger partial charge in [0, 0.05) is 24.6 Å². The van der Waals surface area contributed by atoms with Crippen LogP contribution < -0.4 is 15.0 Å². The first kappa shape index (κ1) is 15.8. The van der Waals surface area contributed by atoms with Crippen LogP contribution in [0, 0.1) is 5.92 Å². The number of anilines is 1. The lowest BCUT2D eigenvalue weighted by Gasteiger charge is -2.18. The van der Waals surface area contributed by atoms with Crippen molar-refractivity contribution in [3.05, 3.63) is 24.3 Å². The van der Waals surface area contributed by atoms with Crippen molar-refractivity contribution in [2.45, 2.75) is 45.1 Å². The highest BCUT2D eigenvalue weighted by Gasteiger charge is 2.33. The fourth-order valence-electron chi connectivity index (χ4n) is 3.45. The van der Waals surface area contributed by atoms with E-state index in [-0.39, 0.29) is 23.8 Å². The van der Waals surface area contributed by atoms with Crippen LogP contribution in [0.3, 0.4) is 0 Å². The van der Waals surface area contributed by atoms with Crippen LogP contribution in [0.2, 0.25) is 0 Å². The molecule has 3 rings (SSSR count). The highest BCUT2D eigenvalue weighted by atomic mass is 16.5. The number of hydrogen-bond acceptors (Lipinski definition) is 3. The largest absolute Gasteiger partial charge is 0.494 e. The van der Waals surface area contributed by atoms with Gasteiger partial charge < -0.3 is 15.0 Å². The number of carbonyl (C=O) groups excluding carboxylic acids is 2. The zero-order chi connectivity index (χ0) is 16.2. The van der Waals surface area contributed by atoms with Gasteiger partial charge in [-0.1, -0.05) is 12.8 Å². The summed E-state index contributed by atoms with van der Waals surface area (Å²) in [6.45, 7) is 3.11. The summed E-state index contributed by atoms with van der Waals surface area (Å²) < 4.78 is 5.42. The number of hydrogen-bond donors (Lipinski definition) is 1. The van der Waals surface area contributed by atoms with Crippen LogP contribution in [-0.4, -0.2) is 31.0 Å². The maximum atomic E-state index is 12.2. The Morgan fingerprint density at radius 1 is 1.26 bits per heavy atom. The molecule has 1 N–H and O–H groups in total. The standard InChI is InChI=1S/C18H24N2O3/c1-2-23-16-9-7-15(8-10-16)20-12-14(11-17(20)21)19-18(22)13-5-3-4-6-13/h7-10,13-14H,2-6,11-12H2,1H3,(H,19,22). The second-order valence-corrected chi connectivity index (χ2v) is 6.32. The Balaban J connectivity index is 1.59. The fourth-order valence-corrected chi connectivity index (χ4v) is 3.45. The minimum Gasteiger partial charge on any atom is -0.494 e. The summed E-state index contributed by atoms with van der Waals surface area (Å²) in [5, 5.41) is 3.06. The van der Waals surface area contributed by atoms with Gasteiger partial charge in [-0.05, 0) is 44.0 Å². The van der Waals surface area contributed by atoms with E-state index in [2.05, 4.69) is 5.32 Å². The van der Waals surface area contributed by atoms with Gasteiger partial charge in [-0.3, -0.25) is 9.59 Å². The van der Waals surface area contributed by atoms with E-state index < -0.39 is 0 Å². The minimum absolute atomic E-state index is 0.0610. The second-order valence-electron chi connectivity index (χ2n) is 6.32. The van der Waals surface area contributed by atoms with Gasteiger partial charge in [-0.15, -0.1) is 0 Å². The lowest BCUT2D eigenvalue weighted by Crippen LogP contribution is -2.40. The van der Waals surface area contributed by atoms with Crippen LogP contribution in [0.15, 0.2) is 24.3 Å². The topological polar surface area (TPSA) is 58.6 Å². The van der Waals surface area contributed by atoms with E-state index in [1.54, 1.807) is 4.90 Å². The molecule has 1 aliphatic heterocycles. The lowest BCUT2D eigenvalue weighted by atomic mass is 10.1. The SMILES string of the molecule is CCOc1ccc(N2CC(NC(=O)C3CCCC3)CC2=O)cc1. The van der Waals surface area contributed by atoms with Gasteiger partial charge in [0.15, 0.2) is 0 Å². The number of rotatable bonds is 5. The number of benzene rings is 1. The minimum atomic E-state index is -0.0813. The molecule has 1 aromatic carbocycles. The van der Waals surface area contributed by atoms with Crippen LogP contribution in [0.25, 0.3) is 0 Å². The van der Waals surface area contributed by atoms with Crippen molar-refractivity contribution in [3.63, 3.8) is 0 Å². The summed E-state index contributed by atoms with van der Waals surface area (Å²) in [6, 6.07) is 7.45. The summed E-state index contributed by atoms with van der Waals surface area (Å²) in [5.74, 6) is 1.12. The summed E-state index contributed by atoms with van der Waals surface area (Å²) >= 11 is 0. The molecule has 5 nitrogen and oxygen atoms in total. The van der Waals surface area contributed by atoms with E-state index in [0.29, 0.717) is 19.6 Å². The van der Waals surface area contributed by atoms with Gasteiger partial charge in [0.25, 0.3) is 0 Å². The van der Waals surface area contributed by atoms with Crippen molar-refractivity contribution in [2.75, 3.05) is 18.1 Å². The number of ether oxygens (including phenoxy) is 1. The van der Waals surface area contributed by atoms with Gasteiger partial charge in [-0.2, -0.15) is 0 Å². The Morgan fingerprint density at radius 3 is 2.61 bits per heavy atom. The Bertz CT molecular complexity index is 564. The zero-order valence-electron chi connectivity index (χ0n) is 13.6. The van der Waals surface area contributed by atoms with Crippen molar-refractivity contribution in [3.8, 4) is 5.75 Å². The van der Waals surface area contributed by atoms with Crippen molar-refractivity contribution in [1.82, 2.24) is 5.32 Å². The highest BCUT2D eigenvalue weighted by Crippen LogP contribution is 2.27. The number of amides is 2. The number of nitrogens with one attached hydrogen (secondary N) is 1. The molecule has 1 atom stereocenters. The zero-order valence-corrected chi connectivity index (χ0v) is 13.6. The molecule has 1 unspecified atom stereocenters. The average Bonchev–Trinajstić information content (AvgIpc) is 3.18. The summed E-state index contributed by atoms with van der Waals surface area (Å²) in [4.78, 5) is 26.2. The smallest absolute Gasteiger partial charge is 0.229 e. The van der Waals surface area contributed by atoms with Gasteiger partial charge >= 0.3 is 0 Å². The van der Waals surface area contributed by atoms with Crippen LogP contribution in [0.1, 0.15) is 39.0 Å². The van der Waals surface area contributed by atoms with Crippen molar-refractivity contribution in [1.29, 1.82) is 0 Å². The van der Waals surface area contributed by atoms with Gasteiger partial charge in [0.1, 0.15) is 5.75 Å². The van der Waals surface area contributed by atoms with Crippen LogP contribution >= 0.6 is 0 Å². The third-order valence-electron chi connectivity index (χ3n) is 4.66. The molecule has 1 aliphatic carbocycles. The molecule has 2 fully saturated rings. The van der Waals surface area contributed by atoms with Gasteiger partial charge in [-0.25, -0.2) is 0 Å². The molecule has 0 bridgehead atoms. The molecule has 1 saturated heterocycles. The molecule has 0 spiro atoms. The maximum absolute atomic E-state index is 12.2. The molecule has 2 aliphatic rings. The Hall–Kier alpha value is -2.04. The summed E-state index contributed by atoms with van der Waals surface area (Å²) in [7, 11) is 0.